The van der Waals surface area contributed by atoms with Crippen molar-refractivity contribution in [3.8, 4) is 0 Å². The van der Waals surface area contributed by atoms with Gasteiger partial charge >= 0.3 is 0 Å². The van der Waals surface area contributed by atoms with Gasteiger partial charge in [-0.3, -0.25) is 9.59 Å². The van der Waals surface area contributed by atoms with Crippen LogP contribution in [0.5, 0.6) is 0 Å². The molecular formula is C14H15BrN2O2. The number of halogens is 1. The minimum Gasteiger partial charge on any atom is -0.354 e. The van der Waals surface area contributed by atoms with E-state index in [0.717, 1.165) is 23.9 Å². The number of carbonyl (C=O) groups excluding carboxylic acids is 2. The molecule has 2 saturated heterocycles. The van der Waals surface area contributed by atoms with E-state index in [0.29, 0.717) is 12.1 Å². The Kier molecular flexibility index (Phi) is 3.31. The van der Waals surface area contributed by atoms with Crippen molar-refractivity contribution in [1.82, 2.24) is 10.2 Å². The number of benzene rings is 1. The molecule has 0 aromatic heterocycles. The van der Waals surface area contributed by atoms with Crippen LogP contribution in [-0.2, 0) is 4.79 Å². The first-order valence-corrected chi connectivity index (χ1v) is 7.31. The van der Waals surface area contributed by atoms with Crippen molar-refractivity contribution >= 4 is 27.7 Å². The monoisotopic (exact) mass is 322 g/mol. The van der Waals surface area contributed by atoms with Gasteiger partial charge in [0.15, 0.2) is 0 Å². The molecule has 19 heavy (non-hydrogen) atoms. The van der Waals surface area contributed by atoms with E-state index in [2.05, 4.69) is 21.2 Å². The molecule has 3 rings (SSSR count). The summed E-state index contributed by atoms with van der Waals surface area (Å²) < 4.78 is 0.805. The molecule has 1 aromatic rings. The lowest BCUT2D eigenvalue weighted by molar-refractivity contribution is -0.123. The zero-order valence-electron chi connectivity index (χ0n) is 10.4. The molecule has 1 aromatic carbocycles. The summed E-state index contributed by atoms with van der Waals surface area (Å²) in [5, 5.41) is 2.87. The van der Waals surface area contributed by atoms with Crippen LogP contribution in [-0.4, -0.2) is 35.8 Å². The van der Waals surface area contributed by atoms with Gasteiger partial charge in [0.2, 0.25) is 5.91 Å². The third kappa shape index (κ3) is 2.16. The van der Waals surface area contributed by atoms with Crippen molar-refractivity contribution in [2.75, 3.05) is 13.1 Å². The minimum atomic E-state index is -0.0276. The van der Waals surface area contributed by atoms with Crippen LogP contribution in [0, 0.1) is 5.92 Å². The van der Waals surface area contributed by atoms with Gasteiger partial charge in [0, 0.05) is 17.6 Å². The number of likely N-dealkylation sites (tertiary alicyclic amines) is 1. The number of amides is 2. The zero-order valence-corrected chi connectivity index (χ0v) is 12.0. The molecule has 2 fully saturated rings. The van der Waals surface area contributed by atoms with E-state index in [1.54, 1.807) is 0 Å². The van der Waals surface area contributed by atoms with E-state index in [9.17, 15) is 9.59 Å². The molecule has 1 N–H and O–H groups in total. The first-order chi connectivity index (χ1) is 9.18. The highest BCUT2D eigenvalue weighted by atomic mass is 79.9. The van der Waals surface area contributed by atoms with Crippen molar-refractivity contribution < 1.29 is 9.59 Å². The second-order valence-electron chi connectivity index (χ2n) is 5.04. The van der Waals surface area contributed by atoms with Gasteiger partial charge in [0.05, 0.1) is 17.5 Å². The first-order valence-electron chi connectivity index (χ1n) is 6.51. The quantitative estimate of drug-likeness (QED) is 0.857. The SMILES string of the molecule is O=C1NCC2C1CCCN2C(=O)c1ccccc1Br. The number of nitrogens with one attached hydrogen (secondary N) is 1. The first kappa shape index (κ1) is 12.7. The van der Waals surface area contributed by atoms with Gasteiger partial charge in [0.1, 0.15) is 0 Å². The molecule has 0 aliphatic carbocycles. The van der Waals surface area contributed by atoms with E-state index in [-0.39, 0.29) is 23.8 Å². The number of nitrogens with zero attached hydrogens (tertiary/aromatic N) is 1. The molecule has 2 unspecified atom stereocenters. The predicted octanol–water partition coefficient (Wildman–Crippen LogP) is 1.80. The molecule has 5 heteroatoms. The number of fused-ring (bicyclic) bond motifs is 1. The molecule has 2 heterocycles. The average molecular weight is 323 g/mol. The van der Waals surface area contributed by atoms with Crippen molar-refractivity contribution in [3.05, 3.63) is 34.3 Å². The molecule has 2 amide bonds. The Hall–Kier alpha value is -1.36. The molecule has 0 spiro atoms. The molecule has 4 nitrogen and oxygen atoms in total. The summed E-state index contributed by atoms with van der Waals surface area (Å²) in [5.74, 6) is 0.0773. The fraction of sp³-hybridized carbons (Fsp3) is 0.429. The zero-order chi connectivity index (χ0) is 13.4. The van der Waals surface area contributed by atoms with Crippen molar-refractivity contribution in [3.63, 3.8) is 0 Å². The molecule has 2 aliphatic heterocycles. The Morgan fingerprint density at radius 1 is 1.37 bits per heavy atom. The number of carbonyl (C=O) groups is 2. The maximum absolute atomic E-state index is 12.6. The van der Waals surface area contributed by atoms with Crippen LogP contribution in [0.1, 0.15) is 23.2 Å². The van der Waals surface area contributed by atoms with Crippen LogP contribution in [0.4, 0.5) is 0 Å². The second-order valence-corrected chi connectivity index (χ2v) is 5.89. The summed E-state index contributed by atoms with van der Waals surface area (Å²) in [6, 6.07) is 7.45. The lowest BCUT2D eigenvalue weighted by Gasteiger charge is -2.36. The van der Waals surface area contributed by atoms with Crippen LogP contribution < -0.4 is 5.32 Å². The molecule has 100 valence electrons. The van der Waals surface area contributed by atoms with Crippen LogP contribution in [0.3, 0.4) is 0 Å². The van der Waals surface area contributed by atoms with Gasteiger partial charge in [-0.2, -0.15) is 0 Å². The third-order valence-corrected chi connectivity index (χ3v) is 4.66. The molecule has 0 bridgehead atoms. The van der Waals surface area contributed by atoms with E-state index in [4.69, 9.17) is 0 Å². The molecule has 0 saturated carbocycles. The van der Waals surface area contributed by atoms with Gasteiger partial charge in [-0.05, 0) is 40.9 Å². The van der Waals surface area contributed by atoms with Crippen molar-refractivity contribution in [1.29, 1.82) is 0 Å². The number of hydrogen-bond acceptors (Lipinski definition) is 2. The summed E-state index contributed by atoms with van der Waals surface area (Å²) in [7, 11) is 0. The Bertz CT molecular complexity index is 532. The number of rotatable bonds is 1. The Morgan fingerprint density at radius 2 is 2.16 bits per heavy atom. The largest absolute Gasteiger partial charge is 0.354 e. The van der Waals surface area contributed by atoms with E-state index in [1.807, 2.05) is 29.2 Å². The lowest BCUT2D eigenvalue weighted by atomic mass is 9.91. The number of hydrogen-bond donors (Lipinski definition) is 1. The summed E-state index contributed by atoms with van der Waals surface area (Å²) >= 11 is 3.42. The van der Waals surface area contributed by atoms with Gasteiger partial charge < -0.3 is 10.2 Å². The summed E-state index contributed by atoms with van der Waals surface area (Å²) in [4.78, 5) is 26.2. The highest BCUT2D eigenvalue weighted by Gasteiger charge is 2.42. The predicted molar refractivity (Wildman–Crippen MR) is 74.7 cm³/mol. The topological polar surface area (TPSA) is 49.4 Å². The minimum absolute atomic E-state index is 0.0127. The van der Waals surface area contributed by atoms with Gasteiger partial charge in [-0.1, -0.05) is 12.1 Å². The molecular weight excluding hydrogens is 308 g/mol. The fourth-order valence-corrected chi connectivity index (χ4v) is 3.45. The van der Waals surface area contributed by atoms with Gasteiger partial charge in [-0.25, -0.2) is 0 Å². The smallest absolute Gasteiger partial charge is 0.255 e. The summed E-state index contributed by atoms with van der Waals surface area (Å²) in [5.41, 5.74) is 0.669. The van der Waals surface area contributed by atoms with E-state index < -0.39 is 0 Å². The maximum atomic E-state index is 12.6. The van der Waals surface area contributed by atoms with E-state index in [1.165, 1.54) is 0 Å². The van der Waals surface area contributed by atoms with Crippen LogP contribution in [0.2, 0.25) is 0 Å². The highest BCUT2D eigenvalue weighted by molar-refractivity contribution is 9.10. The van der Waals surface area contributed by atoms with E-state index >= 15 is 0 Å². The lowest BCUT2D eigenvalue weighted by Crippen LogP contribution is -2.48. The Labute approximate surface area is 120 Å². The van der Waals surface area contributed by atoms with Crippen LogP contribution in [0.25, 0.3) is 0 Å². The normalized spacial score (nSPS) is 25.9. The highest BCUT2D eigenvalue weighted by Crippen LogP contribution is 2.29. The average Bonchev–Trinajstić information content (AvgIpc) is 2.80. The molecule has 2 atom stereocenters. The Morgan fingerprint density at radius 3 is 2.95 bits per heavy atom. The number of piperidine rings is 1. The summed E-state index contributed by atoms with van der Waals surface area (Å²) in [6.07, 6.45) is 1.78. The maximum Gasteiger partial charge on any atom is 0.255 e. The van der Waals surface area contributed by atoms with Gasteiger partial charge in [0.25, 0.3) is 5.91 Å². The van der Waals surface area contributed by atoms with Crippen molar-refractivity contribution in [2.24, 2.45) is 5.92 Å². The van der Waals surface area contributed by atoms with Crippen molar-refractivity contribution in [2.45, 2.75) is 18.9 Å². The molecule has 0 radical (unpaired) electrons. The fourth-order valence-electron chi connectivity index (χ4n) is 2.99. The van der Waals surface area contributed by atoms with Crippen LogP contribution in [0.15, 0.2) is 28.7 Å². The summed E-state index contributed by atoms with van der Waals surface area (Å²) in [6.45, 7) is 1.32. The van der Waals surface area contributed by atoms with Crippen LogP contribution >= 0.6 is 15.9 Å². The standard InChI is InChI=1S/C14H15BrN2O2/c15-11-6-2-1-4-9(11)14(19)17-7-3-5-10-12(17)8-16-13(10)18/h1-2,4,6,10,12H,3,5,7-8H2,(H,16,18). The Balaban J connectivity index is 1.87. The molecule has 2 aliphatic rings. The second kappa shape index (κ2) is 4.96. The third-order valence-electron chi connectivity index (χ3n) is 3.97. The van der Waals surface area contributed by atoms with Gasteiger partial charge in [-0.15, -0.1) is 0 Å².